The van der Waals surface area contributed by atoms with E-state index in [0.717, 1.165) is 11.0 Å². The maximum atomic E-state index is 9.27. The van der Waals surface area contributed by atoms with Crippen molar-refractivity contribution in [2.45, 2.75) is 116 Å². The molecule has 0 spiro atoms. The van der Waals surface area contributed by atoms with Gasteiger partial charge in [0.15, 0.2) is 0 Å². The molecule has 7 rings (SSSR count). The molecule has 0 aliphatic carbocycles. The molecule has 6 saturated heterocycles. The van der Waals surface area contributed by atoms with Crippen molar-refractivity contribution < 1.29 is 113 Å². The van der Waals surface area contributed by atoms with Gasteiger partial charge in [-0.25, -0.2) is 0 Å². The van der Waals surface area contributed by atoms with Crippen molar-refractivity contribution in [3.63, 3.8) is 0 Å². The van der Waals surface area contributed by atoms with Gasteiger partial charge in [-0.1, -0.05) is 127 Å². The second kappa shape index (κ2) is 25.8. The Labute approximate surface area is 342 Å². The first-order chi connectivity index (χ1) is 19.9. The van der Waals surface area contributed by atoms with Gasteiger partial charge in [0.1, 0.15) is 6.54 Å². The van der Waals surface area contributed by atoms with Crippen molar-refractivity contribution in [1.82, 2.24) is 0 Å². The number of hydrogen-bond donors (Lipinski definition) is 4. The minimum atomic E-state index is -4.07. The molecule has 13 nitrogen and oxygen atoms in total. The van der Waals surface area contributed by atoms with E-state index in [9.17, 15) is 19.2 Å². The third kappa shape index (κ3) is 20.7. The van der Waals surface area contributed by atoms with E-state index < -0.39 is 36.2 Å². The first-order valence-corrected chi connectivity index (χ1v) is 22.5. The maximum absolute atomic E-state index is 9.27. The van der Waals surface area contributed by atoms with Gasteiger partial charge < -0.3 is 65.0 Å². The third-order valence-electron chi connectivity index (χ3n) is 7.62. The molecular weight excluding hydrogens is 697 g/mol. The Morgan fingerprint density at radius 3 is 1.13 bits per heavy atom. The zero-order valence-corrected chi connectivity index (χ0v) is 36.9. The van der Waals surface area contributed by atoms with Gasteiger partial charge in [0, 0.05) is 5.56 Å². The van der Waals surface area contributed by atoms with E-state index >= 15 is 0 Å². The molecule has 0 aromatic heterocycles. The summed E-state index contributed by atoms with van der Waals surface area (Å²) < 4.78 is 28.1. The molecule has 0 unspecified atom stereocenters. The summed E-state index contributed by atoms with van der Waals surface area (Å²) in [6.45, 7) is 4.75. The first kappa shape index (κ1) is 53.3. The Morgan fingerprint density at radius 1 is 0.553 bits per heavy atom. The molecule has 4 bridgehead atoms. The SMILES string of the molecule is CCCCCCCCCCCCCCCCCC[N+](C)(C)Cc1ccccc1.O.O.O[Si]12O[Si](O)(O1)O[Si]1(O)O[Si](O)(O1)O2.[H-].[H-].[H-].[H-].[Li+].[Mg+2].[Na+]. The Hall–Kier alpha value is 1.93. The number of nitrogens with zero attached hydrogens (tertiary/aromatic N) is 1. The molecule has 6 aliphatic rings. The number of unbranched alkanes of at least 4 members (excludes halogenated alkanes) is 15. The predicted octanol–water partition coefficient (Wildman–Crippen LogP) is -3.21. The summed E-state index contributed by atoms with van der Waals surface area (Å²) in [7, 11) is -11.5. The van der Waals surface area contributed by atoms with Crippen LogP contribution in [0.5, 0.6) is 0 Å². The summed E-state index contributed by atoms with van der Waals surface area (Å²) in [5, 5.41) is 0. The number of rotatable bonds is 19. The summed E-state index contributed by atoms with van der Waals surface area (Å²) in [6, 6.07) is 10.9. The van der Waals surface area contributed by atoms with E-state index in [1.54, 1.807) is 0 Å². The minimum Gasteiger partial charge on any atom is -1.00 e. The van der Waals surface area contributed by atoms with Crippen molar-refractivity contribution >= 4 is 59.2 Å². The largest absolute Gasteiger partial charge is 2.00 e. The third-order valence-corrected chi connectivity index (χ3v) is 20.0. The van der Waals surface area contributed by atoms with Crippen LogP contribution in [-0.4, -0.2) is 115 Å². The van der Waals surface area contributed by atoms with Crippen LogP contribution in [0.25, 0.3) is 0 Å². The van der Waals surface area contributed by atoms with Crippen molar-refractivity contribution in [3.8, 4) is 0 Å². The quantitative estimate of drug-likeness (QED) is 0.0633. The Balaban J connectivity index is -0.000000145. The maximum Gasteiger partial charge on any atom is 2.00 e. The fraction of sp³-hybridized carbons (Fsp3) is 0.778. The van der Waals surface area contributed by atoms with Gasteiger partial charge >= 0.3 is 108 Å². The molecule has 1 aromatic rings. The summed E-state index contributed by atoms with van der Waals surface area (Å²) in [4.78, 5) is 37.1. The van der Waals surface area contributed by atoms with Crippen LogP contribution in [0, 0.1) is 0 Å². The van der Waals surface area contributed by atoms with Crippen LogP contribution in [0.3, 0.4) is 0 Å². The van der Waals surface area contributed by atoms with Crippen LogP contribution in [0.1, 0.15) is 121 Å². The molecule has 6 aliphatic heterocycles. The van der Waals surface area contributed by atoms with Crippen molar-refractivity contribution in [3.05, 3.63) is 35.9 Å². The molecule has 0 amide bonds. The van der Waals surface area contributed by atoms with Crippen LogP contribution in [0.2, 0.25) is 0 Å². The second-order valence-corrected chi connectivity index (χ2v) is 21.4. The van der Waals surface area contributed by atoms with E-state index in [-0.39, 0.29) is 88.1 Å². The topological polar surface area (TPSA) is 199 Å². The molecule has 6 fully saturated rings. The summed E-state index contributed by atoms with van der Waals surface area (Å²) in [5.74, 6) is 0. The van der Waals surface area contributed by atoms with Gasteiger partial charge in [-0.15, -0.1) is 0 Å². The molecule has 1 aromatic carbocycles. The monoisotopic (exact) mass is 758 g/mol. The van der Waals surface area contributed by atoms with Gasteiger partial charge in [0.05, 0.1) is 20.6 Å². The standard InChI is InChI=1S/C27H50N.Li.Mg.Na.H4O10Si4.2H2O.4H/c1-4-5-6-7-8-9-10-11-12-13-14-15-16-17-18-22-25-28(2,3)26-27-23-20-19-21-24-27;;;;1-11-5-12(2,6-11)10-14(4)7-13(3,8-14)9-11;;;;;;/h19-21,23-24H,4-18,22,25-26H2,1-3H3;;;;1-4H;2*1H2;;;;/q2*+1;+2;+1;;;;4*-1. The van der Waals surface area contributed by atoms with Crippen LogP contribution < -0.4 is 48.4 Å². The molecular formula is C27H62LiMgNNaO12Si4+. The van der Waals surface area contributed by atoms with Gasteiger partial charge in [-0.05, 0) is 12.8 Å². The second-order valence-electron chi connectivity index (χ2n) is 12.3. The van der Waals surface area contributed by atoms with E-state index in [0.29, 0.717) is 0 Å². The molecule has 20 heteroatoms. The van der Waals surface area contributed by atoms with Gasteiger partial charge in [-0.3, -0.25) is 0 Å². The Morgan fingerprint density at radius 2 is 0.830 bits per heavy atom. The van der Waals surface area contributed by atoms with Crippen LogP contribution in [0.4, 0.5) is 0 Å². The smallest absolute Gasteiger partial charge is 1.00 e. The average Bonchev–Trinajstić information content (AvgIpc) is 2.86. The minimum absolute atomic E-state index is 0. The number of benzene rings is 1. The Kier molecular flexibility index (Phi) is 29.3. The van der Waals surface area contributed by atoms with Crippen LogP contribution in [0.15, 0.2) is 30.3 Å². The van der Waals surface area contributed by atoms with E-state index in [1.165, 1.54) is 115 Å². The first-order valence-electron chi connectivity index (χ1n) is 15.8. The van der Waals surface area contributed by atoms with Crippen LogP contribution >= 0.6 is 0 Å². The average molecular weight is 759 g/mol. The van der Waals surface area contributed by atoms with Gasteiger partial charge in [-0.2, -0.15) is 0 Å². The summed E-state index contributed by atoms with van der Waals surface area (Å²) in [6.07, 6.45) is 23.2. The van der Waals surface area contributed by atoms with Gasteiger partial charge in [0.2, 0.25) is 0 Å². The predicted molar refractivity (Wildman–Crippen MR) is 182 cm³/mol. The van der Waals surface area contributed by atoms with Crippen molar-refractivity contribution in [1.29, 1.82) is 0 Å². The molecule has 6 heterocycles. The number of quaternary nitrogens is 1. The fourth-order valence-corrected chi connectivity index (χ4v) is 17.7. The van der Waals surface area contributed by atoms with E-state index in [1.807, 2.05) is 0 Å². The zero-order valence-electron chi connectivity index (χ0n) is 33.5. The zero-order chi connectivity index (χ0) is 30.6. The van der Waals surface area contributed by atoms with Crippen LogP contribution in [-0.2, 0) is 31.2 Å². The normalized spacial score (nSPS) is 26.7. The molecule has 0 saturated carbocycles. The molecule has 0 atom stereocenters. The molecule has 266 valence electrons. The van der Waals surface area contributed by atoms with Crippen molar-refractivity contribution in [2.24, 2.45) is 0 Å². The summed E-state index contributed by atoms with van der Waals surface area (Å²) in [5.41, 5.74) is 1.46. The van der Waals surface area contributed by atoms with Gasteiger partial charge in [0.25, 0.3) is 0 Å². The fourth-order valence-electron chi connectivity index (χ4n) is 5.40. The molecule has 0 radical (unpaired) electrons. The Bertz CT molecular complexity index is 895. The van der Waals surface area contributed by atoms with E-state index in [4.69, 9.17) is 0 Å². The summed E-state index contributed by atoms with van der Waals surface area (Å²) >= 11 is 0. The van der Waals surface area contributed by atoms with E-state index in [2.05, 4.69) is 76.0 Å². The number of hydrogen-bond acceptors (Lipinski definition) is 10. The van der Waals surface area contributed by atoms with Crippen molar-refractivity contribution in [2.75, 3.05) is 20.6 Å². The molecule has 8 N–H and O–H groups in total. The molecule has 47 heavy (non-hydrogen) atoms.